The normalized spacial score (nSPS) is 10.7. The molecule has 0 aliphatic carbocycles. The van der Waals surface area contributed by atoms with Crippen molar-refractivity contribution in [3.05, 3.63) is 40.5 Å². The predicted molar refractivity (Wildman–Crippen MR) is 60.5 cm³/mol. The van der Waals surface area contributed by atoms with Crippen LogP contribution in [0.15, 0.2) is 34.8 Å². The molecule has 0 aliphatic heterocycles. The Morgan fingerprint density at radius 1 is 1.36 bits per heavy atom. The molecule has 0 atom stereocenters. The third-order valence-electron chi connectivity index (χ3n) is 2.02. The smallest absolute Gasteiger partial charge is 0.0706 e. The molecule has 4 heteroatoms. The molecule has 3 nitrogen and oxygen atoms in total. The molecule has 0 unspecified atom stereocenters. The van der Waals surface area contributed by atoms with Crippen LogP contribution in [0.4, 0.5) is 0 Å². The molecule has 1 aromatic heterocycles. The summed E-state index contributed by atoms with van der Waals surface area (Å²) in [5.74, 6) is 5.26. The van der Waals surface area contributed by atoms with E-state index in [1.165, 1.54) is 0 Å². The number of hydrazine groups is 1. The van der Waals surface area contributed by atoms with E-state index < -0.39 is 0 Å². The predicted octanol–water partition coefficient (Wildman–Crippen LogP) is 1.96. The second kappa shape index (κ2) is 4.04. The van der Waals surface area contributed by atoms with E-state index in [0.717, 1.165) is 21.1 Å². The Bertz CT molecular complexity index is 456. The van der Waals surface area contributed by atoms with E-state index in [-0.39, 0.29) is 0 Å². The van der Waals surface area contributed by atoms with Crippen LogP contribution < -0.4 is 11.3 Å². The molecular weight excluding hydrogens is 242 g/mol. The van der Waals surface area contributed by atoms with Crippen molar-refractivity contribution in [2.45, 2.75) is 6.54 Å². The van der Waals surface area contributed by atoms with E-state index in [4.69, 9.17) is 5.84 Å². The summed E-state index contributed by atoms with van der Waals surface area (Å²) in [7, 11) is 0. The van der Waals surface area contributed by atoms with Crippen LogP contribution in [0.5, 0.6) is 0 Å². The van der Waals surface area contributed by atoms with Crippen molar-refractivity contribution in [3.63, 3.8) is 0 Å². The summed E-state index contributed by atoms with van der Waals surface area (Å²) in [5, 5.41) is 1.13. The van der Waals surface area contributed by atoms with E-state index in [9.17, 15) is 0 Å². The van der Waals surface area contributed by atoms with E-state index in [1.54, 1.807) is 0 Å². The maximum atomic E-state index is 5.26. The molecule has 0 aliphatic rings. The van der Waals surface area contributed by atoms with Crippen LogP contribution >= 0.6 is 15.9 Å². The maximum Gasteiger partial charge on any atom is 0.0706 e. The second-order valence-corrected chi connectivity index (χ2v) is 3.84. The SMILES string of the molecule is NNCc1nc2ccccc2cc1Br. The molecule has 72 valence electrons. The van der Waals surface area contributed by atoms with Gasteiger partial charge in [0, 0.05) is 9.86 Å². The lowest BCUT2D eigenvalue weighted by molar-refractivity contribution is 0.723. The summed E-state index contributed by atoms with van der Waals surface area (Å²) in [6.45, 7) is 0.561. The number of para-hydroxylation sites is 1. The van der Waals surface area contributed by atoms with E-state index in [0.29, 0.717) is 6.54 Å². The third kappa shape index (κ3) is 1.77. The minimum atomic E-state index is 0.561. The molecular formula is C10H10BrN3. The van der Waals surface area contributed by atoms with Crippen molar-refractivity contribution in [1.29, 1.82) is 0 Å². The van der Waals surface area contributed by atoms with Crippen LogP contribution in [0.1, 0.15) is 5.69 Å². The van der Waals surface area contributed by atoms with Gasteiger partial charge in [0.25, 0.3) is 0 Å². The third-order valence-corrected chi connectivity index (χ3v) is 2.71. The van der Waals surface area contributed by atoms with Gasteiger partial charge in [-0.2, -0.15) is 0 Å². The van der Waals surface area contributed by atoms with Crippen molar-refractivity contribution < 1.29 is 0 Å². The van der Waals surface area contributed by atoms with Gasteiger partial charge in [-0.3, -0.25) is 16.3 Å². The molecule has 3 N–H and O–H groups in total. The number of halogens is 1. The van der Waals surface area contributed by atoms with Crippen molar-refractivity contribution in [3.8, 4) is 0 Å². The molecule has 2 rings (SSSR count). The Kier molecular flexibility index (Phi) is 2.77. The minimum Gasteiger partial charge on any atom is -0.271 e. The van der Waals surface area contributed by atoms with Crippen LogP contribution in [0.3, 0.4) is 0 Å². The minimum absolute atomic E-state index is 0.561. The van der Waals surface area contributed by atoms with Gasteiger partial charge in [-0.05, 0) is 28.1 Å². The number of nitrogens with two attached hydrogens (primary N) is 1. The fourth-order valence-electron chi connectivity index (χ4n) is 1.35. The first-order valence-corrected chi connectivity index (χ1v) is 5.08. The quantitative estimate of drug-likeness (QED) is 0.634. The molecule has 1 heterocycles. The number of pyridine rings is 1. The highest BCUT2D eigenvalue weighted by molar-refractivity contribution is 9.10. The van der Waals surface area contributed by atoms with Crippen LogP contribution in [0.25, 0.3) is 10.9 Å². The van der Waals surface area contributed by atoms with Gasteiger partial charge >= 0.3 is 0 Å². The highest BCUT2D eigenvalue weighted by Crippen LogP contribution is 2.20. The molecule has 0 spiro atoms. The number of rotatable bonds is 2. The Balaban J connectivity index is 2.59. The van der Waals surface area contributed by atoms with Gasteiger partial charge in [-0.1, -0.05) is 18.2 Å². The van der Waals surface area contributed by atoms with Crippen LogP contribution in [-0.2, 0) is 6.54 Å². The maximum absolute atomic E-state index is 5.26. The standard InChI is InChI=1S/C10H10BrN3/c11-8-5-7-3-1-2-4-9(7)14-10(8)6-13-12/h1-5,13H,6,12H2. The molecule has 0 bridgehead atoms. The summed E-state index contributed by atoms with van der Waals surface area (Å²) in [6.07, 6.45) is 0. The van der Waals surface area contributed by atoms with Crippen LogP contribution in [0.2, 0.25) is 0 Å². The van der Waals surface area contributed by atoms with E-state index >= 15 is 0 Å². The Morgan fingerprint density at radius 2 is 2.14 bits per heavy atom. The van der Waals surface area contributed by atoms with Crippen LogP contribution in [-0.4, -0.2) is 4.98 Å². The molecule has 1 aromatic carbocycles. The first-order valence-electron chi connectivity index (χ1n) is 4.29. The van der Waals surface area contributed by atoms with Crippen molar-refractivity contribution >= 4 is 26.8 Å². The Hall–Kier alpha value is -0.970. The lowest BCUT2D eigenvalue weighted by atomic mass is 10.2. The van der Waals surface area contributed by atoms with Crippen molar-refractivity contribution in [2.75, 3.05) is 0 Å². The van der Waals surface area contributed by atoms with Gasteiger partial charge in [-0.25, -0.2) is 0 Å². The summed E-state index contributed by atoms with van der Waals surface area (Å²) in [4.78, 5) is 4.48. The largest absolute Gasteiger partial charge is 0.271 e. The zero-order valence-corrected chi connectivity index (χ0v) is 9.08. The first kappa shape index (κ1) is 9.58. The summed E-state index contributed by atoms with van der Waals surface area (Å²) < 4.78 is 0.981. The molecule has 0 saturated carbocycles. The second-order valence-electron chi connectivity index (χ2n) is 2.99. The highest BCUT2D eigenvalue weighted by atomic mass is 79.9. The monoisotopic (exact) mass is 251 g/mol. The number of fused-ring (bicyclic) bond motifs is 1. The van der Waals surface area contributed by atoms with Gasteiger partial charge in [0.15, 0.2) is 0 Å². The summed E-state index contributed by atoms with van der Waals surface area (Å²) in [5.41, 5.74) is 4.51. The van der Waals surface area contributed by atoms with Gasteiger partial charge in [0.05, 0.1) is 17.8 Å². The zero-order valence-electron chi connectivity index (χ0n) is 7.50. The molecule has 0 radical (unpaired) electrons. The molecule has 2 aromatic rings. The summed E-state index contributed by atoms with van der Waals surface area (Å²) >= 11 is 3.46. The number of hydrogen-bond donors (Lipinski definition) is 2. The Labute approximate surface area is 90.4 Å². The number of nitrogens with one attached hydrogen (secondary N) is 1. The lowest BCUT2D eigenvalue weighted by Crippen LogP contribution is -2.21. The molecule has 14 heavy (non-hydrogen) atoms. The first-order chi connectivity index (χ1) is 6.81. The van der Waals surface area contributed by atoms with Gasteiger partial charge < -0.3 is 0 Å². The van der Waals surface area contributed by atoms with E-state index in [2.05, 4.69) is 32.4 Å². The molecule has 0 fully saturated rings. The van der Waals surface area contributed by atoms with Crippen molar-refractivity contribution in [2.24, 2.45) is 5.84 Å². The average molecular weight is 252 g/mol. The van der Waals surface area contributed by atoms with Gasteiger partial charge in [-0.15, -0.1) is 0 Å². The number of benzene rings is 1. The van der Waals surface area contributed by atoms with Crippen LogP contribution in [0, 0.1) is 0 Å². The van der Waals surface area contributed by atoms with Gasteiger partial charge in [0.2, 0.25) is 0 Å². The lowest BCUT2D eigenvalue weighted by Gasteiger charge is -2.04. The van der Waals surface area contributed by atoms with E-state index in [1.807, 2.05) is 24.3 Å². The highest BCUT2D eigenvalue weighted by Gasteiger charge is 2.02. The van der Waals surface area contributed by atoms with Gasteiger partial charge in [0.1, 0.15) is 0 Å². The fraction of sp³-hybridized carbons (Fsp3) is 0.100. The number of hydrogen-bond acceptors (Lipinski definition) is 3. The number of aromatic nitrogens is 1. The summed E-state index contributed by atoms with van der Waals surface area (Å²) in [6, 6.07) is 10.0. The fourth-order valence-corrected chi connectivity index (χ4v) is 1.83. The number of nitrogens with zero attached hydrogens (tertiary/aromatic N) is 1. The molecule has 0 saturated heterocycles. The topological polar surface area (TPSA) is 50.9 Å². The average Bonchev–Trinajstić information content (AvgIpc) is 2.19. The zero-order chi connectivity index (χ0) is 9.97. The molecule has 0 amide bonds. The Morgan fingerprint density at radius 3 is 2.93 bits per heavy atom. The van der Waals surface area contributed by atoms with Crippen molar-refractivity contribution in [1.82, 2.24) is 10.4 Å².